The van der Waals surface area contributed by atoms with Gasteiger partial charge in [0.1, 0.15) is 10.8 Å². The van der Waals surface area contributed by atoms with Gasteiger partial charge in [0, 0.05) is 5.56 Å². The molecule has 0 saturated heterocycles. The topological polar surface area (TPSA) is 46.0 Å². The molecule has 0 aliphatic carbocycles. The Kier molecular flexibility index (Phi) is 2.52. The summed E-state index contributed by atoms with van der Waals surface area (Å²) in [4.78, 5) is 0. The van der Waals surface area contributed by atoms with Crippen molar-refractivity contribution in [3.8, 4) is 16.3 Å². The van der Waals surface area contributed by atoms with Gasteiger partial charge in [-0.1, -0.05) is 11.3 Å². The minimum atomic E-state index is 0.303. The van der Waals surface area contributed by atoms with Gasteiger partial charge in [-0.25, -0.2) is 0 Å². The van der Waals surface area contributed by atoms with Gasteiger partial charge in [-0.3, -0.25) is 0 Å². The lowest BCUT2D eigenvalue weighted by Crippen LogP contribution is -1.79. The number of rotatable bonds is 1. The minimum absolute atomic E-state index is 0.303. The van der Waals surface area contributed by atoms with Crippen molar-refractivity contribution in [1.82, 2.24) is 10.2 Å². The Bertz CT molecular complexity index is 470. The molecule has 0 atom stereocenters. The SMILES string of the molecule is Cc1cc(-c2nnc(Br)s2)ccc1O. The zero-order valence-corrected chi connectivity index (χ0v) is 9.76. The second-order valence-electron chi connectivity index (χ2n) is 2.86. The number of phenolic OH excluding ortho intramolecular Hbond substituents is 1. The van der Waals surface area contributed by atoms with Crippen LogP contribution in [-0.2, 0) is 0 Å². The van der Waals surface area contributed by atoms with Crippen LogP contribution in [-0.4, -0.2) is 15.3 Å². The third-order valence-electron chi connectivity index (χ3n) is 1.84. The number of nitrogens with zero attached hydrogens (tertiary/aromatic N) is 2. The smallest absolute Gasteiger partial charge is 0.183 e. The van der Waals surface area contributed by atoms with Gasteiger partial charge in [0.15, 0.2) is 3.92 Å². The molecule has 1 heterocycles. The fourth-order valence-electron chi connectivity index (χ4n) is 1.11. The largest absolute Gasteiger partial charge is 0.508 e. The highest BCUT2D eigenvalue weighted by atomic mass is 79.9. The zero-order valence-electron chi connectivity index (χ0n) is 7.36. The van der Waals surface area contributed by atoms with Crippen molar-refractivity contribution in [2.24, 2.45) is 0 Å². The Morgan fingerprint density at radius 2 is 2.14 bits per heavy atom. The summed E-state index contributed by atoms with van der Waals surface area (Å²) < 4.78 is 0.762. The van der Waals surface area contributed by atoms with Crippen molar-refractivity contribution in [1.29, 1.82) is 0 Å². The first-order valence-corrected chi connectivity index (χ1v) is 5.57. The summed E-state index contributed by atoms with van der Waals surface area (Å²) in [5, 5.41) is 18.1. The molecule has 72 valence electrons. The van der Waals surface area contributed by atoms with Crippen LogP contribution in [0.5, 0.6) is 5.75 Å². The van der Waals surface area contributed by atoms with E-state index in [2.05, 4.69) is 26.1 Å². The summed E-state index contributed by atoms with van der Waals surface area (Å²) >= 11 is 4.73. The monoisotopic (exact) mass is 270 g/mol. The Morgan fingerprint density at radius 1 is 1.36 bits per heavy atom. The lowest BCUT2D eigenvalue weighted by Gasteiger charge is -1.99. The van der Waals surface area contributed by atoms with E-state index in [0.29, 0.717) is 5.75 Å². The summed E-state index contributed by atoms with van der Waals surface area (Å²) in [7, 11) is 0. The van der Waals surface area contributed by atoms with Gasteiger partial charge in [0.05, 0.1) is 0 Å². The van der Waals surface area contributed by atoms with E-state index in [0.717, 1.165) is 20.1 Å². The average Bonchev–Trinajstić information content (AvgIpc) is 2.57. The van der Waals surface area contributed by atoms with Gasteiger partial charge < -0.3 is 5.11 Å². The maximum absolute atomic E-state index is 9.35. The molecule has 1 aromatic heterocycles. The van der Waals surface area contributed by atoms with Crippen LogP contribution < -0.4 is 0 Å². The maximum atomic E-state index is 9.35. The van der Waals surface area contributed by atoms with Crippen molar-refractivity contribution in [2.45, 2.75) is 6.92 Å². The molecule has 0 aliphatic heterocycles. The number of aryl methyl sites for hydroxylation is 1. The Balaban J connectivity index is 2.47. The van der Waals surface area contributed by atoms with Crippen LogP contribution in [0.4, 0.5) is 0 Å². The van der Waals surface area contributed by atoms with E-state index in [1.165, 1.54) is 11.3 Å². The van der Waals surface area contributed by atoms with Crippen molar-refractivity contribution < 1.29 is 5.11 Å². The summed E-state index contributed by atoms with van der Waals surface area (Å²) in [6, 6.07) is 5.39. The van der Waals surface area contributed by atoms with Gasteiger partial charge in [0.25, 0.3) is 0 Å². The summed E-state index contributed by atoms with van der Waals surface area (Å²) in [6.07, 6.45) is 0. The van der Waals surface area contributed by atoms with E-state index in [1.54, 1.807) is 6.07 Å². The molecule has 2 rings (SSSR count). The molecule has 0 unspecified atom stereocenters. The molecule has 5 heteroatoms. The standard InChI is InChI=1S/C9H7BrN2OS/c1-5-4-6(2-3-7(5)13)8-11-12-9(10)14-8/h2-4,13H,1H3. The molecule has 0 saturated carbocycles. The zero-order chi connectivity index (χ0) is 10.1. The predicted molar refractivity (Wildman–Crippen MR) is 59.4 cm³/mol. The van der Waals surface area contributed by atoms with Crippen LogP contribution in [0.3, 0.4) is 0 Å². The third kappa shape index (κ3) is 1.78. The van der Waals surface area contributed by atoms with E-state index in [9.17, 15) is 5.11 Å². The van der Waals surface area contributed by atoms with E-state index < -0.39 is 0 Å². The Hall–Kier alpha value is -0.940. The minimum Gasteiger partial charge on any atom is -0.508 e. The van der Waals surface area contributed by atoms with Crippen molar-refractivity contribution in [3.63, 3.8) is 0 Å². The van der Waals surface area contributed by atoms with Gasteiger partial charge in [-0.15, -0.1) is 10.2 Å². The molecule has 0 radical (unpaired) electrons. The summed E-state index contributed by atoms with van der Waals surface area (Å²) in [5.41, 5.74) is 1.82. The fraction of sp³-hybridized carbons (Fsp3) is 0.111. The van der Waals surface area contributed by atoms with E-state index in [-0.39, 0.29) is 0 Å². The van der Waals surface area contributed by atoms with E-state index in [1.807, 2.05) is 19.1 Å². The lowest BCUT2D eigenvalue weighted by molar-refractivity contribution is 0.471. The summed E-state index contributed by atoms with van der Waals surface area (Å²) in [5.74, 6) is 0.303. The first-order chi connectivity index (χ1) is 6.66. The molecule has 0 spiro atoms. The highest BCUT2D eigenvalue weighted by molar-refractivity contribution is 9.11. The normalized spacial score (nSPS) is 10.4. The lowest BCUT2D eigenvalue weighted by atomic mass is 10.1. The number of hydrogen-bond acceptors (Lipinski definition) is 4. The first-order valence-electron chi connectivity index (χ1n) is 3.96. The predicted octanol–water partition coefficient (Wildman–Crippen LogP) is 2.98. The van der Waals surface area contributed by atoms with E-state index in [4.69, 9.17) is 0 Å². The van der Waals surface area contributed by atoms with Crippen molar-refractivity contribution >= 4 is 27.3 Å². The van der Waals surface area contributed by atoms with Gasteiger partial charge in [-0.05, 0) is 46.6 Å². The molecule has 0 fully saturated rings. The summed E-state index contributed by atoms with van der Waals surface area (Å²) in [6.45, 7) is 1.86. The number of halogens is 1. The molecular weight excluding hydrogens is 264 g/mol. The highest BCUT2D eigenvalue weighted by Crippen LogP contribution is 2.29. The van der Waals surface area contributed by atoms with Crippen LogP contribution >= 0.6 is 27.3 Å². The number of phenols is 1. The van der Waals surface area contributed by atoms with Crippen LogP contribution in [0.2, 0.25) is 0 Å². The molecule has 3 nitrogen and oxygen atoms in total. The van der Waals surface area contributed by atoms with Crippen LogP contribution in [0.1, 0.15) is 5.56 Å². The van der Waals surface area contributed by atoms with E-state index >= 15 is 0 Å². The first kappa shape index (κ1) is 9.61. The molecular formula is C9H7BrN2OS. The van der Waals surface area contributed by atoms with Crippen molar-refractivity contribution in [2.75, 3.05) is 0 Å². The number of benzene rings is 1. The van der Waals surface area contributed by atoms with Gasteiger partial charge in [0.2, 0.25) is 0 Å². The fourth-order valence-corrected chi connectivity index (χ4v) is 2.22. The van der Waals surface area contributed by atoms with Crippen LogP contribution in [0.15, 0.2) is 22.1 Å². The number of aromatic nitrogens is 2. The third-order valence-corrected chi connectivity index (χ3v) is 3.25. The molecule has 1 aromatic carbocycles. The second kappa shape index (κ2) is 3.67. The van der Waals surface area contributed by atoms with Gasteiger partial charge in [-0.2, -0.15) is 0 Å². The van der Waals surface area contributed by atoms with Crippen LogP contribution in [0.25, 0.3) is 10.6 Å². The molecule has 2 aromatic rings. The number of aromatic hydroxyl groups is 1. The maximum Gasteiger partial charge on any atom is 0.183 e. The molecule has 14 heavy (non-hydrogen) atoms. The van der Waals surface area contributed by atoms with Crippen molar-refractivity contribution in [3.05, 3.63) is 27.7 Å². The molecule has 1 N–H and O–H groups in total. The molecule has 0 amide bonds. The Labute approximate surface area is 93.6 Å². The average molecular weight is 271 g/mol. The quantitative estimate of drug-likeness (QED) is 0.867. The van der Waals surface area contributed by atoms with Crippen LogP contribution in [0, 0.1) is 6.92 Å². The molecule has 0 bridgehead atoms. The molecule has 0 aliphatic rings. The highest BCUT2D eigenvalue weighted by Gasteiger charge is 2.05. The van der Waals surface area contributed by atoms with Gasteiger partial charge >= 0.3 is 0 Å². The number of hydrogen-bond donors (Lipinski definition) is 1. The Morgan fingerprint density at radius 3 is 2.71 bits per heavy atom. The second-order valence-corrected chi connectivity index (χ2v) is 5.11.